The quantitative estimate of drug-likeness (QED) is 0.650. The fourth-order valence-corrected chi connectivity index (χ4v) is 1.49. The van der Waals surface area contributed by atoms with Crippen LogP contribution in [0.5, 0.6) is 0 Å². The first-order chi connectivity index (χ1) is 7.20. The second kappa shape index (κ2) is 3.74. The van der Waals surface area contributed by atoms with Crippen LogP contribution in [0.1, 0.15) is 5.56 Å². The highest BCUT2D eigenvalue weighted by Crippen LogP contribution is 2.14. The second-order valence-corrected chi connectivity index (χ2v) is 3.31. The van der Waals surface area contributed by atoms with Gasteiger partial charge in [0.2, 0.25) is 0 Å². The summed E-state index contributed by atoms with van der Waals surface area (Å²) in [6.07, 6.45) is 0. The zero-order valence-electron chi connectivity index (χ0n) is 7.88. The molecule has 0 radical (unpaired) electrons. The van der Waals surface area contributed by atoms with Gasteiger partial charge in [0.1, 0.15) is 0 Å². The Morgan fingerprint density at radius 1 is 1.00 bits per heavy atom. The first-order valence-electron chi connectivity index (χ1n) is 4.50. The minimum atomic E-state index is -1.45. The summed E-state index contributed by atoms with van der Waals surface area (Å²) in [6.45, 7) is 0. The highest BCUT2D eigenvalue weighted by molar-refractivity contribution is 6.58. The van der Waals surface area contributed by atoms with Gasteiger partial charge < -0.3 is 10.0 Å². The number of nitrogens with zero attached hydrogens (tertiary/aromatic N) is 1. The SMILES string of the molecule is N#Cc1ccc2cc(B(O)O)ccc2c1. The van der Waals surface area contributed by atoms with Crippen LogP contribution in [0.4, 0.5) is 0 Å². The van der Waals surface area contributed by atoms with Gasteiger partial charge in [0.15, 0.2) is 0 Å². The maximum atomic E-state index is 8.99. The smallest absolute Gasteiger partial charge is 0.423 e. The first-order valence-corrected chi connectivity index (χ1v) is 4.50. The van der Waals surface area contributed by atoms with Crippen LogP contribution in [-0.4, -0.2) is 17.2 Å². The predicted molar refractivity (Wildman–Crippen MR) is 58.5 cm³/mol. The maximum Gasteiger partial charge on any atom is 0.488 e. The number of fused-ring (bicyclic) bond motifs is 1. The molecule has 0 bridgehead atoms. The molecule has 0 atom stereocenters. The molecular formula is C11H8BNO2. The van der Waals surface area contributed by atoms with Gasteiger partial charge in [0.25, 0.3) is 0 Å². The fourth-order valence-electron chi connectivity index (χ4n) is 1.49. The van der Waals surface area contributed by atoms with E-state index in [1.807, 2.05) is 0 Å². The lowest BCUT2D eigenvalue weighted by atomic mass is 9.79. The average molecular weight is 197 g/mol. The fraction of sp³-hybridized carbons (Fsp3) is 0. The summed E-state index contributed by atoms with van der Waals surface area (Å²) in [6, 6.07) is 12.4. The average Bonchev–Trinajstić information content (AvgIpc) is 2.27. The molecule has 0 aliphatic carbocycles. The summed E-state index contributed by atoms with van der Waals surface area (Å²) in [5.41, 5.74) is 1.05. The van der Waals surface area contributed by atoms with Crippen molar-refractivity contribution >= 4 is 23.4 Å². The van der Waals surface area contributed by atoms with Crippen LogP contribution in [0, 0.1) is 11.3 Å². The Hall–Kier alpha value is -1.83. The standard InChI is InChI=1S/C11H8BNO2/c13-7-8-1-2-10-6-11(12(14)15)4-3-9(10)5-8/h1-6,14-15H. The van der Waals surface area contributed by atoms with Crippen molar-refractivity contribution < 1.29 is 10.0 Å². The Kier molecular flexibility index (Phi) is 2.42. The molecule has 3 nitrogen and oxygen atoms in total. The van der Waals surface area contributed by atoms with E-state index in [0.717, 1.165) is 10.8 Å². The summed E-state index contributed by atoms with van der Waals surface area (Å²) in [4.78, 5) is 0. The van der Waals surface area contributed by atoms with Crippen LogP contribution in [0.2, 0.25) is 0 Å². The Morgan fingerprint density at radius 3 is 2.33 bits per heavy atom. The maximum absolute atomic E-state index is 8.99. The Balaban J connectivity index is 2.61. The molecule has 0 saturated carbocycles. The van der Waals surface area contributed by atoms with Crippen LogP contribution in [0.15, 0.2) is 36.4 Å². The van der Waals surface area contributed by atoms with Gasteiger partial charge in [-0.15, -0.1) is 0 Å². The molecule has 0 spiro atoms. The molecule has 0 fully saturated rings. The molecule has 0 unspecified atom stereocenters. The van der Waals surface area contributed by atoms with Crippen molar-refractivity contribution in [2.75, 3.05) is 0 Å². The van der Waals surface area contributed by atoms with E-state index in [4.69, 9.17) is 15.3 Å². The highest BCUT2D eigenvalue weighted by Gasteiger charge is 2.10. The van der Waals surface area contributed by atoms with Gasteiger partial charge in [0.05, 0.1) is 11.6 Å². The van der Waals surface area contributed by atoms with Crippen molar-refractivity contribution in [3.63, 3.8) is 0 Å². The molecule has 2 aromatic rings. The summed E-state index contributed by atoms with van der Waals surface area (Å²) in [5, 5.41) is 28.5. The van der Waals surface area contributed by atoms with Crippen molar-refractivity contribution in [3.8, 4) is 6.07 Å². The van der Waals surface area contributed by atoms with Crippen molar-refractivity contribution in [3.05, 3.63) is 42.0 Å². The second-order valence-electron chi connectivity index (χ2n) is 3.31. The molecule has 0 saturated heterocycles. The summed E-state index contributed by atoms with van der Waals surface area (Å²) in [5.74, 6) is 0. The molecule has 2 rings (SSSR count). The molecule has 0 aliphatic rings. The van der Waals surface area contributed by atoms with E-state index in [0.29, 0.717) is 11.0 Å². The lowest BCUT2D eigenvalue weighted by molar-refractivity contribution is 0.426. The number of hydrogen-bond acceptors (Lipinski definition) is 3. The van der Waals surface area contributed by atoms with Gasteiger partial charge in [-0.3, -0.25) is 0 Å². The molecule has 15 heavy (non-hydrogen) atoms. The molecule has 72 valence electrons. The Bertz CT molecular complexity index is 546. The number of hydrogen-bond donors (Lipinski definition) is 2. The molecular weight excluding hydrogens is 189 g/mol. The van der Waals surface area contributed by atoms with E-state index in [-0.39, 0.29) is 0 Å². The Labute approximate surface area is 87.4 Å². The minimum absolute atomic E-state index is 0.451. The van der Waals surface area contributed by atoms with Gasteiger partial charge in [0, 0.05) is 0 Å². The van der Waals surface area contributed by atoms with Gasteiger partial charge in [-0.05, 0) is 28.4 Å². The topological polar surface area (TPSA) is 64.2 Å². The molecule has 0 aromatic heterocycles. The molecule has 2 aromatic carbocycles. The van der Waals surface area contributed by atoms with E-state index in [9.17, 15) is 0 Å². The molecule has 0 aliphatic heterocycles. The van der Waals surface area contributed by atoms with Crippen LogP contribution in [0.3, 0.4) is 0 Å². The van der Waals surface area contributed by atoms with E-state index < -0.39 is 7.12 Å². The van der Waals surface area contributed by atoms with Crippen molar-refractivity contribution in [2.24, 2.45) is 0 Å². The normalized spacial score (nSPS) is 9.93. The first kappa shape index (κ1) is 9.72. The third kappa shape index (κ3) is 1.84. The molecule has 0 amide bonds. The summed E-state index contributed by atoms with van der Waals surface area (Å²) >= 11 is 0. The molecule has 2 N–H and O–H groups in total. The lowest BCUT2D eigenvalue weighted by Gasteiger charge is -2.02. The monoisotopic (exact) mass is 197 g/mol. The predicted octanol–water partition coefficient (Wildman–Crippen LogP) is 0.391. The zero-order chi connectivity index (χ0) is 10.8. The van der Waals surface area contributed by atoms with E-state index in [1.54, 1.807) is 36.4 Å². The van der Waals surface area contributed by atoms with Gasteiger partial charge in [-0.1, -0.05) is 24.3 Å². The van der Waals surface area contributed by atoms with Crippen LogP contribution < -0.4 is 5.46 Å². The summed E-state index contributed by atoms with van der Waals surface area (Å²) in [7, 11) is -1.45. The minimum Gasteiger partial charge on any atom is -0.423 e. The molecule has 4 heteroatoms. The van der Waals surface area contributed by atoms with Crippen molar-refractivity contribution in [1.29, 1.82) is 5.26 Å². The van der Waals surface area contributed by atoms with Gasteiger partial charge in [-0.2, -0.15) is 5.26 Å². The third-order valence-corrected chi connectivity index (χ3v) is 2.29. The van der Waals surface area contributed by atoms with Crippen LogP contribution in [0.25, 0.3) is 10.8 Å². The highest BCUT2D eigenvalue weighted by atomic mass is 16.4. The lowest BCUT2D eigenvalue weighted by Crippen LogP contribution is -2.29. The number of nitriles is 1. The van der Waals surface area contributed by atoms with Crippen molar-refractivity contribution in [2.45, 2.75) is 0 Å². The molecule has 0 heterocycles. The largest absolute Gasteiger partial charge is 0.488 e. The van der Waals surface area contributed by atoms with Gasteiger partial charge >= 0.3 is 7.12 Å². The Morgan fingerprint density at radius 2 is 1.67 bits per heavy atom. The number of benzene rings is 2. The van der Waals surface area contributed by atoms with Crippen LogP contribution >= 0.6 is 0 Å². The third-order valence-electron chi connectivity index (χ3n) is 2.29. The van der Waals surface area contributed by atoms with E-state index >= 15 is 0 Å². The van der Waals surface area contributed by atoms with Crippen molar-refractivity contribution in [1.82, 2.24) is 0 Å². The van der Waals surface area contributed by atoms with Crippen LogP contribution in [-0.2, 0) is 0 Å². The number of rotatable bonds is 1. The zero-order valence-corrected chi connectivity index (χ0v) is 7.88. The van der Waals surface area contributed by atoms with Gasteiger partial charge in [-0.25, -0.2) is 0 Å². The summed E-state index contributed by atoms with van der Waals surface area (Å²) < 4.78 is 0. The van der Waals surface area contributed by atoms with E-state index in [2.05, 4.69) is 6.07 Å². The van der Waals surface area contributed by atoms with E-state index in [1.165, 1.54) is 0 Å².